The van der Waals surface area contributed by atoms with Crippen molar-refractivity contribution in [2.24, 2.45) is 5.73 Å². The normalized spacial score (nSPS) is 15.0. The zero-order valence-electron chi connectivity index (χ0n) is 10.3. The molecule has 0 aliphatic carbocycles. The van der Waals surface area contributed by atoms with Crippen LogP contribution in [0.2, 0.25) is 0 Å². The molecule has 3 heteroatoms. The van der Waals surface area contributed by atoms with Crippen molar-refractivity contribution in [2.45, 2.75) is 32.4 Å². The zero-order valence-corrected chi connectivity index (χ0v) is 11.2. The summed E-state index contributed by atoms with van der Waals surface area (Å²) in [5.41, 5.74) is 7.50. The van der Waals surface area contributed by atoms with E-state index in [0.29, 0.717) is 0 Å². The molecule has 0 bridgehead atoms. The predicted octanol–water partition coefficient (Wildman–Crippen LogP) is 3.20. The van der Waals surface area contributed by atoms with Crippen molar-refractivity contribution in [3.05, 3.63) is 35.2 Å². The molecule has 0 aliphatic rings. The molecule has 92 valence electrons. The maximum absolute atomic E-state index is 6.17. The highest BCUT2D eigenvalue weighted by atomic mass is 32.1. The standard InChI is InChI=1S/C14H19NOS/c1-3-16-10(2)13(15)8-11-9-17-14-7-5-4-6-12(11)14/h4-7,9-10,13H,3,8,15H2,1-2H3. The van der Waals surface area contributed by atoms with Crippen molar-refractivity contribution in [3.8, 4) is 0 Å². The first-order chi connectivity index (χ1) is 8.22. The number of rotatable bonds is 5. The van der Waals surface area contributed by atoms with Gasteiger partial charge < -0.3 is 10.5 Å². The molecule has 0 spiro atoms. The molecular weight excluding hydrogens is 230 g/mol. The first kappa shape index (κ1) is 12.6. The summed E-state index contributed by atoms with van der Waals surface area (Å²) in [4.78, 5) is 0. The highest BCUT2D eigenvalue weighted by Crippen LogP contribution is 2.26. The van der Waals surface area contributed by atoms with E-state index in [1.165, 1.54) is 15.6 Å². The maximum atomic E-state index is 6.17. The summed E-state index contributed by atoms with van der Waals surface area (Å²) >= 11 is 1.78. The van der Waals surface area contributed by atoms with Crippen LogP contribution in [0.5, 0.6) is 0 Å². The van der Waals surface area contributed by atoms with Crippen LogP contribution in [0.4, 0.5) is 0 Å². The average molecular weight is 249 g/mol. The van der Waals surface area contributed by atoms with E-state index >= 15 is 0 Å². The van der Waals surface area contributed by atoms with Crippen LogP contribution in [-0.2, 0) is 11.2 Å². The third kappa shape index (κ3) is 2.86. The molecule has 2 unspecified atom stereocenters. The molecule has 0 amide bonds. The van der Waals surface area contributed by atoms with E-state index in [0.717, 1.165) is 13.0 Å². The van der Waals surface area contributed by atoms with Gasteiger partial charge in [-0.15, -0.1) is 11.3 Å². The van der Waals surface area contributed by atoms with Crippen molar-refractivity contribution < 1.29 is 4.74 Å². The third-order valence-electron chi connectivity index (χ3n) is 3.05. The minimum atomic E-state index is 0.0629. The first-order valence-corrected chi connectivity index (χ1v) is 6.92. The number of nitrogens with two attached hydrogens (primary N) is 1. The lowest BCUT2D eigenvalue weighted by molar-refractivity contribution is 0.0578. The zero-order chi connectivity index (χ0) is 12.3. The lowest BCUT2D eigenvalue weighted by atomic mass is 10.0. The van der Waals surface area contributed by atoms with Gasteiger partial charge in [0.1, 0.15) is 0 Å². The summed E-state index contributed by atoms with van der Waals surface area (Å²) in [6.45, 7) is 4.77. The summed E-state index contributed by atoms with van der Waals surface area (Å²) in [6, 6.07) is 8.54. The Morgan fingerprint density at radius 1 is 1.35 bits per heavy atom. The van der Waals surface area contributed by atoms with Gasteiger partial charge in [0.25, 0.3) is 0 Å². The number of hydrogen-bond donors (Lipinski definition) is 1. The maximum Gasteiger partial charge on any atom is 0.0700 e. The number of hydrogen-bond acceptors (Lipinski definition) is 3. The van der Waals surface area contributed by atoms with E-state index in [-0.39, 0.29) is 12.1 Å². The predicted molar refractivity (Wildman–Crippen MR) is 74.6 cm³/mol. The topological polar surface area (TPSA) is 35.2 Å². The molecule has 2 aromatic rings. The molecule has 1 heterocycles. The minimum absolute atomic E-state index is 0.0629. The van der Waals surface area contributed by atoms with Crippen LogP contribution in [0.25, 0.3) is 10.1 Å². The molecule has 2 nitrogen and oxygen atoms in total. The van der Waals surface area contributed by atoms with Gasteiger partial charge in [-0.2, -0.15) is 0 Å². The van der Waals surface area contributed by atoms with Gasteiger partial charge in [-0.05, 0) is 42.7 Å². The molecule has 0 aliphatic heterocycles. The molecule has 2 N–H and O–H groups in total. The summed E-state index contributed by atoms with van der Waals surface area (Å²) in [6.07, 6.45) is 0.990. The molecule has 0 saturated heterocycles. The van der Waals surface area contributed by atoms with Crippen LogP contribution < -0.4 is 5.73 Å². The molecule has 17 heavy (non-hydrogen) atoms. The van der Waals surface area contributed by atoms with Gasteiger partial charge in [0.05, 0.1) is 6.10 Å². The van der Waals surface area contributed by atoms with Gasteiger partial charge >= 0.3 is 0 Å². The summed E-state index contributed by atoms with van der Waals surface area (Å²) in [7, 11) is 0. The Morgan fingerprint density at radius 3 is 2.88 bits per heavy atom. The van der Waals surface area contributed by atoms with Gasteiger partial charge in [-0.3, -0.25) is 0 Å². The van der Waals surface area contributed by atoms with Crippen molar-refractivity contribution in [2.75, 3.05) is 6.61 Å². The Bertz CT molecular complexity index is 480. The van der Waals surface area contributed by atoms with E-state index in [1.54, 1.807) is 11.3 Å². The Morgan fingerprint density at radius 2 is 2.12 bits per heavy atom. The van der Waals surface area contributed by atoms with Crippen LogP contribution in [0.15, 0.2) is 29.6 Å². The van der Waals surface area contributed by atoms with E-state index in [1.807, 2.05) is 13.8 Å². The van der Waals surface area contributed by atoms with E-state index in [9.17, 15) is 0 Å². The number of thiophene rings is 1. The van der Waals surface area contributed by atoms with Gasteiger partial charge in [0, 0.05) is 17.3 Å². The third-order valence-corrected chi connectivity index (χ3v) is 4.06. The van der Waals surface area contributed by atoms with Gasteiger partial charge in [0.15, 0.2) is 0 Å². The average Bonchev–Trinajstić information content (AvgIpc) is 2.73. The highest BCUT2D eigenvalue weighted by molar-refractivity contribution is 7.17. The summed E-state index contributed by atoms with van der Waals surface area (Å²) in [5.74, 6) is 0. The quantitative estimate of drug-likeness (QED) is 0.883. The van der Waals surface area contributed by atoms with Gasteiger partial charge in [0.2, 0.25) is 0 Å². The molecule has 1 aromatic carbocycles. The van der Waals surface area contributed by atoms with E-state index < -0.39 is 0 Å². The number of fused-ring (bicyclic) bond motifs is 1. The lowest BCUT2D eigenvalue weighted by Gasteiger charge is -2.19. The second-order valence-corrected chi connectivity index (χ2v) is 5.20. The van der Waals surface area contributed by atoms with Crippen LogP contribution in [0.1, 0.15) is 19.4 Å². The fourth-order valence-electron chi connectivity index (χ4n) is 2.00. The molecule has 0 fully saturated rings. The molecule has 2 atom stereocenters. The minimum Gasteiger partial charge on any atom is -0.377 e. The van der Waals surface area contributed by atoms with Crippen LogP contribution in [0, 0.1) is 0 Å². The van der Waals surface area contributed by atoms with Crippen LogP contribution in [0.3, 0.4) is 0 Å². The Hall–Kier alpha value is -0.900. The Balaban J connectivity index is 2.13. The van der Waals surface area contributed by atoms with Gasteiger partial charge in [-0.1, -0.05) is 18.2 Å². The summed E-state index contributed by atoms with van der Waals surface area (Å²) < 4.78 is 6.88. The molecule has 1 aromatic heterocycles. The van der Waals surface area contributed by atoms with Crippen LogP contribution >= 0.6 is 11.3 Å². The molecule has 2 rings (SSSR count). The monoisotopic (exact) mass is 249 g/mol. The fraction of sp³-hybridized carbons (Fsp3) is 0.429. The largest absolute Gasteiger partial charge is 0.377 e. The SMILES string of the molecule is CCOC(C)C(N)Cc1csc2ccccc12. The van der Waals surface area contributed by atoms with Crippen molar-refractivity contribution >= 4 is 21.4 Å². The molecular formula is C14H19NOS. The van der Waals surface area contributed by atoms with Crippen LogP contribution in [-0.4, -0.2) is 18.8 Å². The van der Waals surface area contributed by atoms with Crippen molar-refractivity contribution in [1.82, 2.24) is 0 Å². The lowest BCUT2D eigenvalue weighted by Crippen LogP contribution is -2.36. The Labute approximate surface area is 106 Å². The number of benzene rings is 1. The first-order valence-electron chi connectivity index (χ1n) is 6.04. The van der Waals surface area contributed by atoms with Gasteiger partial charge in [-0.25, -0.2) is 0 Å². The second-order valence-electron chi connectivity index (χ2n) is 4.29. The van der Waals surface area contributed by atoms with Crippen molar-refractivity contribution in [1.29, 1.82) is 0 Å². The summed E-state index contributed by atoms with van der Waals surface area (Å²) in [5, 5.41) is 3.54. The molecule has 0 saturated carbocycles. The van der Waals surface area contributed by atoms with Crippen molar-refractivity contribution in [3.63, 3.8) is 0 Å². The highest BCUT2D eigenvalue weighted by Gasteiger charge is 2.15. The Kier molecular flexibility index (Phi) is 4.15. The second kappa shape index (κ2) is 5.63. The van der Waals surface area contributed by atoms with E-state index in [2.05, 4.69) is 29.6 Å². The smallest absolute Gasteiger partial charge is 0.0700 e. The molecule has 0 radical (unpaired) electrons. The number of ether oxygens (including phenoxy) is 1. The van der Waals surface area contributed by atoms with E-state index in [4.69, 9.17) is 10.5 Å². The fourth-order valence-corrected chi connectivity index (χ4v) is 2.97.